The molecule has 2 atom stereocenters. The van der Waals surface area contributed by atoms with Crippen LogP contribution in [0.4, 0.5) is 0 Å². The average Bonchev–Trinajstić information content (AvgIpc) is 2.26. The van der Waals surface area contributed by atoms with Crippen molar-refractivity contribution < 1.29 is 9.90 Å². The van der Waals surface area contributed by atoms with Crippen molar-refractivity contribution in [3.63, 3.8) is 0 Å². The maximum atomic E-state index is 11.3. The summed E-state index contributed by atoms with van der Waals surface area (Å²) in [7, 11) is 0. The lowest BCUT2D eigenvalue weighted by Crippen LogP contribution is -2.50. The molecule has 2 aliphatic rings. The van der Waals surface area contributed by atoms with Crippen LogP contribution in [0.5, 0.6) is 0 Å². The summed E-state index contributed by atoms with van der Waals surface area (Å²) in [6, 6.07) is 8.41. The number of hydrogen-bond acceptors (Lipinski definition) is 1. The second-order valence-corrected chi connectivity index (χ2v) is 5.10. The predicted molar refractivity (Wildman–Crippen MR) is 61.4 cm³/mol. The SMILES string of the molecule is O=C(O)C1CCC12CCCc1ccccc12. The Kier molecular flexibility index (Phi) is 2.06. The fraction of sp³-hybridized carbons (Fsp3) is 0.500. The monoisotopic (exact) mass is 216 g/mol. The number of carbonyl (C=O) groups is 1. The van der Waals surface area contributed by atoms with E-state index in [4.69, 9.17) is 0 Å². The van der Waals surface area contributed by atoms with Crippen molar-refractivity contribution in [1.82, 2.24) is 0 Å². The summed E-state index contributed by atoms with van der Waals surface area (Å²) in [5.74, 6) is -0.753. The molecule has 2 nitrogen and oxygen atoms in total. The van der Waals surface area contributed by atoms with Gasteiger partial charge in [0.05, 0.1) is 5.92 Å². The highest BCUT2D eigenvalue weighted by molar-refractivity contribution is 5.74. The maximum absolute atomic E-state index is 11.3. The predicted octanol–water partition coefficient (Wildman–Crippen LogP) is 2.76. The molecular weight excluding hydrogens is 200 g/mol. The van der Waals surface area contributed by atoms with E-state index in [-0.39, 0.29) is 11.3 Å². The summed E-state index contributed by atoms with van der Waals surface area (Å²) in [5.41, 5.74) is 2.67. The summed E-state index contributed by atoms with van der Waals surface area (Å²) in [4.78, 5) is 11.3. The Balaban J connectivity index is 2.07. The second-order valence-electron chi connectivity index (χ2n) is 5.10. The van der Waals surface area contributed by atoms with Gasteiger partial charge < -0.3 is 5.11 Å². The second kappa shape index (κ2) is 3.34. The topological polar surface area (TPSA) is 37.3 Å². The van der Waals surface area contributed by atoms with Crippen molar-refractivity contribution >= 4 is 5.97 Å². The minimum Gasteiger partial charge on any atom is -0.481 e. The minimum absolute atomic E-state index is 0.0271. The molecule has 84 valence electrons. The molecule has 16 heavy (non-hydrogen) atoms. The Morgan fingerprint density at radius 3 is 2.81 bits per heavy atom. The number of hydrogen-bond donors (Lipinski definition) is 1. The molecule has 3 rings (SSSR count). The van der Waals surface area contributed by atoms with Gasteiger partial charge in [-0.15, -0.1) is 0 Å². The van der Waals surface area contributed by atoms with Crippen LogP contribution in [0.3, 0.4) is 0 Å². The van der Waals surface area contributed by atoms with Crippen molar-refractivity contribution in [3.05, 3.63) is 35.4 Å². The Morgan fingerprint density at radius 2 is 2.12 bits per heavy atom. The third-order valence-electron chi connectivity index (χ3n) is 4.47. The highest BCUT2D eigenvalue weighted by Gasteiger charge is 2.53. The molecule has 1 saturated carbocycles. The quantitative estimate of drug-likeness (QED) is 0.783. The highest BCUT2D eigenvalue weighted by atomic mass is 16.4. The first-order chi connectivity index (χ1) is 7.74. The van der Waals surface area contributed by atoms with Gasteiger partial charge in [-0.3, -0.25) is 4.79 Å². The van der Waals surface area contributed by atoms with E-state index in [9.17, 15) is 9.90 Å². The molecule has 1 spiro atoms. The number of aryl methyl sites for hydroxylation is 1. The lowest BCUT2D eigenvalue weighted by molar-refractivity contribution is -0.150. The fourth-order valence-corrected chi connectivity index (χ4v) is 3.57. The number of benzene rings is 1. The first-order valence-electron chi connectivity index (χ1n) is 6.05. The van der Waals surface area contributed by atoms with Crippen LogP contribution in [-0.2, 0) is 16.6 Å². The zero-order valence-corrected chi connectivity index (χ0v) is 9.28. The molecule has 0 aliphatic heterocycles. The van der Waals surface area contributed by atoms with Gasteiger partial charge in [0.15, 0.2) is 0 Å². The largest absolute Gasteiger partial charge is 0.481 e. The van der Waals surface area contributed by atoms with Gasteiger partial charge >= 0.3 is 5.97 Å². The van der Waals surface area contributed by atoms with Gasteiger partial charge in [0.1, 0.15) is 0 Å². The van der Waals surface area contributed by atoms with Crippen molar-refractivity contribution in [2.24, 2.45) is 5.92 Å². The van der Waals surface area contributed by atoms with E-state index >= 15 is 0 Å². The van der Waals surface area contributed by atoms with Gasteiger partial charge in [0.2, 0.25) is 0 Å². The number of fused-ring (bicyclic) bond motifs is 2. The Labute approximate surface area is 95.3 Å². The Hall–Kier alpha value is -1.31. The highest BCUT2D eigenvalue weighted by Crippen LogP contribution is 2.55. The van der Waals surface area contributed by atoms with Crippen molar-refractivity contribution in [2.45, 2.75) is 37.5 Å². The van der Waals surface area contributed by atoms with E-state index in [0.29, 0.717) is 0 Å². The molecule has 2 heteroatoms. The molecule has 2 unspecified atom stereocenters. The van der Waals surface area contributed by atoms with E-state index in [1.807, 2.05) is 6.07 Å². The number of carboxylic acids is 1. The van der Waals surface area contributed by atoms with Gasteiger partial charge in [-0.05, 0) is 43.2 Å². The van der Waals surface area contributed by atoms with Crippen molar-refractivity contribution in [3.8, 4) is 0 Å². The first-order valence-corrected chi connectivity index (χ1v) is 6.05. The Morgan fingerprint density at radius 1 is 1.31 bits per heavy atom. The molecule has 0 heterocycles. The van der Waals surface area contributed by atoms with Gasteiger partial charge in [0.25, 0.3) is 0 Å². The molecule has 1 aromatic carbocycles. The number of rotatable bonds is 1. The van der Waals surface area contributed by atoms with E-state index < -0.39 is 5.97 Å². The normalized spacial score (nSPS) is 31.9. The van der Waals surface area contributed by atoms with E-state index in [0.717, 1.165) is 32.1 Å². The smallest absolute Gasteiger partial charge is 0.307 e. The third-order valence-corrected chi connectivity index (χ3v) is 4.47. The molecule has 0 aromatic heterocycles. The standard InChI is InChI=1S/C14H16O2/c15-13(16)12-7-9-14(12)8-3-5-10-4-1-2-6-11(10)14/h1-2,4,6,12H,3,5,7-9H2,(H,15,16). The zero-order chi connectivity index (χ0) is 11.2. The lowest BCUT2D eigenvalue weighted by Gasteiger charge is -2.51. The summed E-state index contributed by atoms with van der Waals surface area (Å²) in [6.07, 6.45) is 5.22. The van der Waals surface area contributed by atoms with Crippen molar-refractivity contribution in [1.29, 1.82) is 0 Å². The molecular formula is C14H16O2. The van der Waals surface area contributed by atoms with Crippen LogP contribution >= 0.6 is 0 Å². The van der Waals surface area contributed by atoms with E-state index in [1.54, 1.807) is 0 Å². The molecule has 1 aromatic rings. The molecule has 0 radical (unpaired) electrons. The molecule has 0 bridgehead atoms. The van der Waals surface area contributed by atoms with Crippen LogP contribution < -0.4 is 0 Å². The molecule has 0 saturated heterocycles. The van der Waals surface area contributed by atoms with Crippen molar-refractivity contribution in [2.75, 3.05) is 0 Å². The summed E-state index contributed by atoms with van der Waals surface area (Å²) < 4.78 is 0. The Bertz CT molecular complexity index is 438. The average molecular weight is 216 g/mol. The van der Waals surface area contributed by atoms with Crippen LogP contribution in [0.2, 0.25) is 0 Å². The molecule has 2 aliphatic carbocycles. The molecule has 0 amide bonds. The van der Waals surface area contributed by atoms with E-state index in [2.05, 4.69) is 18.2 Å². The van der Waals surface area contributed by atoms with Crippen LogP contribution in [0.15, 0.2) is 24.3 Å². The first kappa shape index (κ1) is 9.88. The van der Waals surface area contributed by atoms with E-state index in [1.165, 1.54) is 11.1 Å². The lowest BCUT2D eigenvalue weighted by atomic mass is 9.52. The zero-order valence-electron chi connectivity index (χ0n) is 9.28. The minimum atomic E-state index is -0.608. The fourth-order valence-electron chi connectivity index (χ4n) is 3.57. The van der Waals surface area contributed by atoms with Crippen LogP contribution in [0.25, 0.3) is 0 Å². The number of carboxylic acid groups (broad SMARTS) is 1. The van der Waals surface area contributed by atoms with Gasteiger partial charge in [-0.2, -0.15) is 0 Å². The summed E-state index contributed by atoms with van der Waals surface area (Å²) in [5, 5.41) is 9.28. The van der Waals surface area contributed by atoms with Gasteiger partial charge in [-0.1, -0.05) is 24.3 Å². The van der Waals surface area contributed by atoms with Crippen LogP contribution in [0, 0.1) is 5.92 Å². The number of aliphatic carboxylic acids is 1. The molecule has 1 N–H and O–H groups in total. The van der Waals surface area contributed by atoms with Crippen LogP contribution in [0.1, 0.15) is 36.8 Å². The third kappa shape index (κ3) is 1.16. The van der Waals surface area contributed by atoms with Gasteiger partial charge in [0, 0.05) is 5.41 Å². The maximum Gasteiger partial charge on any atom is 0.307 e. The summed E-state index contributed by atoms with van der Waals surface area (Å²) >= 11 is 0. The summed E-state index contributed by atoms with van der Waals surface area (Å²) in [6.45, 7) is 0. The molecule has 1 fully saturated rings. The van der Waals surface area contributed by atoms with Crippen LogP contribution in [-0.4, -0.2) is 11.1 Å². The van der Waals surface area contributed by atoms with Gasteiger partial charge in [-0.25, -0.2) is 0 Å².